The first-order chi connectivity index (χ1) is 10.8. The zero-order valence-electron chi connectivity index (χ0n) is 13.4. The summed E-state index contributed by atoms with van der Waals surface area (Å²) in [6, 6.07) is 20.0. The highest BCUT2D eigenvalue weighted by molar-refractivity contribution is 5.41. The van der Waals surface area contributed by atoms with Crippen molar-refractivity contribution in [1.29, 1.82) is 0 Å². The fraction of sp³-hybridized carbons (Fsp3) is 0.429. The van der Waals surface area contributed by atoms with E-state index in [9.17, 15) is 0 Å². The average molecular weight is 291 g/mol. The molecule has 1 N–H and O–H groups in total. The Labute approximate surface area is 133 Å². The highest BCUT2D eigenvalue weighted by Gasteiger charge is 2.51. The van der Waals surface area contributed by atoms with Gasteiger partial charge in [-0.05, 0) is 47.8 Å². The second-order valence-electron chi connectivity index (χ2n) is 7.10. The van der Waals surface area contributed by atoms with E-state index in [0.29, 0.717) is 5.92 Å². The summed E-state index contributed by atoms with van der Waals surface area (Å²) >= 11 is 0. The van der Waals surface area contributed by atoms with Crippen LogP contribution >= 0.6 is 0 Å². The summed E-state index contributed by atoms with van der Waals surface area (Å²) in [5.74, 6) is 1.47. The van der Waals surface area contributed by atoms with Gasteiger partial charge in [-0.2, -0.15) is 0 Å². The largest absolute Gasteiger partial charge is 0.303 e. The van der Waals surface area contributed by atoms with Crippen molar-refractivity contribution in [3.8, 4) is 0 Å². The third-order valence-corrected chi connectivity index (χ3v) is 5.97. The molecule has 0 spiro atoms. The average Bonchev–Trinajstić information content (AvgIpc) is 2.90. The van der Waals surface area contributed by atoms with Crippen LogP contribution in [-0.2, 0) is 18.5 Å². The van der Waals surface area contributed by atoms with Crippen molar-refractivity contribution in [2.24, 2.45) is 11.8 Å². The van der Waals surface area contributed by atoms with Crippen LogP contribution in [-0.4, -0.2) is 0 Å². The van der Waals surface area contributed by atoms with Gasteiger partial charge in [-0.25, -0.2) is 0 Å². The number of nitrogens with one attached hydrogen (secondary N) is 1. The van der Waals surface area contributed by atoms with Crippen LogP contribution in [0.15, 0.2) is 54.6 Å². The van der Waals surface area contributed by atoms with Crippen LogP contribution in [0, 0.1) is 11.8 Å². The first kappa shape index (κ1) is 14.0. The molecule has 4 rings (SSSR count). The summed E-state index contributed by atoms with van der Waals surface area (Å²) in [5.41, 5.74) is 4.72. The zero-order valence-corrected chi connectivity index (χ0v) is 13.4. The van der Waals surface area contributed by atoms with E-state index in [2.05, 4.69) is 66.8 Å². The summed E-state index contributed by atoms with van der Waals surface area (Å²) in [5, 5.41) is 4.02. The van der Waals surface area contributed by atoms with Crippen LogP contribution in [0.1, 0.15) is 42.9 Å². The Morgan fingerprint density at radius 1 is 1.00 bits per heavy atom. The number of hydrogen-bond acceptors (Lipinski definition) is 1. The molecule has 1 unspecified atom stereocenters. The van der Waals surface area contributed by atoms with E-state index in [1.165, 1.54) is 31.2 Å². The third kappa shape index (κ3) is 2.11. The maximum absolute atomic E-state index is 4.02. The number of rotatable bonds is 3. The maximum Gasteiger partial charge on any atom is 0.0497 e. The molecule has 0 radical (unpaired) electrons. The van der Waals surface area contributed by atoms with E-state index in [1.807, 2.05) is 0 Å². The molecule has 0 amide bonds. The summed E-state index contributed by atoms with van der Waals surface area (Å²) in [6.07, 6.45) is 5.34. The second kappa shape index (κ2) is 5.55. The van der Waals surface area contributed by atoms with Crippen molar-refractivity contribution in [3.63, 3.8) is 0 Å². The lowest BCUT2D eigenvalue weighted by molar-refractivity contribution is 0.0922. The Balaban J connectivity index is 1.70. The van der Waals surface area contributed by atoms with Gasteiger partial charge < -0.3 is 5.32 Å². The second-order valence-corrected chi connectivity index (χ2v) is 7.10. The Hall–Kier alpha value is -1.60. The molecule has 1 nitrogen and oxygen atoms in total. The first-order valence-electron chi connectivity index (χ1n) is 8.68. The zero-order chi connectivity index (χ0) is 15.0. The SMILES string of the molecule is CC1CCC[C@@H]2Cc3ccccc3[C@]12NCc1ccccc1. The van der Waals surface area contributed by atoms with Crippen molar-refractivity contribution in [3.05, 3.63) is 71.3 Å². The standard InChI is InChI=1S/C21H25N/c1-16-8-7-12-19-14-18-11-5-6-13-20(18)21(16,19)22-15-17-9-3-2-4-10-17/h2-6,9-11,13,16,19,22H,7-8,12,14-15H2,1H3/t16?,19-,21+/m1/s1. The molecule has 114 valence electrons. The minimum absolute atomic E-state index is 0.185. The number of benzene rings is 2. The van der Waals surface area contributed by atoms with E-state index in [-0.39, 0.29) is 5.54 Å². The normalized spacial score (nSPS) is 29.9. The van der Waals surface area contributed by atoms with E-state index < -0.39 is 0 Å². The molecular weight excluding hydrogens is 266 g/mol. The van der Waals surface area contributed by atoms with Crippen LogP contribution in [0.5, 0.6) is 0 Å². The van der Waals surface area contributed by atoms with Gasteiger partial charge in [-0.1, -0.05) is 67.9 Å². The molecular formula is C21H25N. The Morgan fingerprint density at radius 2 is 1.77 bits per heavy atom. The molecule has 0 aliphatic heterocycles. The maximum atomic E-state index is 4.02. The van der Waals surface area contributed by atoms with Crippen molar-refractivity contribution in [2.45, 2.75) is 44.7 Å². The van der Waals surface area contributed by atoms with Gasteiger partial charge in [0, 0.05) is 12.1 Å². The Kier molecular flexibility index (Phi) is 3.54. The van der Waals surface area contributed by atoms with E-state index in [1.54, 1.807) is 11.1 Å². The smallest absolute Gasteiger partial charge is 0.0497 e. The highest BCUT2D eigenvalue weighted by atomic mass is 15.0. The molecule has 0 saturated heterocycles. The van der Waals surface area contributed by atoms with Crippen LogP contribution in [0.4, 0.5) is 0 Å². The van der Waals surface area contributed by atoms with Gasteiger partial charge in [0.25, 0.3) is 0 Å². The van der Waals surface area contributed by atoms with Crippen molar-refractivity contribution < 1.29 is 0 Å². The van der Waals surface area contributed by atoms with E-state index in [0.717, 1.165) is 12.5 Å². The molecule has 2 aromatic carbocycles. The highest BCUT2D eigenvalue weighted by Crippen LogP contribution is 2.52. The van der Waals surface area contributed by atoms with Gasteiger partial charge in [-0.15, -0.1) is 0 Å². The van der Waals surface area contributed by atoms with Crippen LogP contribution in [0.2, 0.25) is 0 Å². The molecule has 1 heteroatoms. The molecule has 0 heterocycles. The molecule has 2 aliphatic carbocycles. The Bertz CT molecular complexity index is 648. The van der Waals surface area contributed by atoms with Crippen molar-refractivity contribution >= 4 is 0 Å². The van der Waals surface area contributed by atoms with Crippen molar-refractivity contribution in [1.82, 2.24) is 5.32 Å². The van der Waals surface area contributed by atoms with Gasteiger partial charge in [0.1, 0.15) is 0 Å². The minimum atomic E-state index is 0.185. The fourth-order valence-corrected chi connectivity index (χ4v) is 4.90. The van der Waals surface area contributed by atoms with Gasteiger partial charge in [0.15, 0.2) is 0 Å². The molecule has 1 fully saturated rings. The van der Waals surface area contributed by atoms with E-state index >= 15 is 0 Å². The summed E-state index contributed by atoms with van der Waals surface area (Å²) in [6.45, 7) is 3.42. The lowest BCUT2D eigenvalue weighted by Crippen LogP contribution is -2.52. The lowest BCUT2D eigenvalue weighted by atomic mass is 9.66. The topological polar surface area (TPSA) is 12.0 Å². The number of hydrogen-bond donors (Lipinski definition) is 1. The van der Waals surface area contributed by atoms with Gasteiger partial charge >= 0.3 is 0 Å². The van der Waals surface area contributed by atoms with E-state index in [4.69, 9.17) is 0 Å². The van der Waals surface area contributed by atoms with Crippen LogP contribution in [0.3, 0.4) is 0 Å². The lowest BCUT2D eigenvalue weighted by Gasteiger charge is -2.46. The molecule has 0 aromatic heterocycles. The minimum Gasteiger partial charge on any atom is -0.303 e. The molecule has 1 saturated carbocycles. The van der Waals surface area contributed by atoms with Crippen LogP contribution in [0.25, 0.3) is 0 Å². The first-order valence-corrected chi connectivity index (χ1v) is 8.68. The van der Waals surface area contributed by atoms with Gasteiger partial charge in [0.05, 0.1) is 0 Å². The third-order valence-electron chi connectivity index (χ3n) is 5.97. The van der Waals surface area contributed by atoms with Gasteiger partial charge in [-0.3, -0.25) is 0 Å². The predicted octanol–water partition coefficient (Wildman–Crippen LogP) is 4.66. The predicted molar refractivity (Wildman–Crippen MR) is 91.6 cm³/mol. The monoisotopic (exact) mass is 291 g/mol. The molecule has 22 heavy (non-hydrogen) atoms. The van der Waals surface area contributed by atoms with Crippen LogP contribution < -0.4 is 5.32 Å². The fourth-order valence-electron chi connectivity index (χ4n) is 4.90. The summed E-state index contributed by atoms with van der Waals surface area (Å²) in [7, 11) is 0. The quantitative estimate of drug-likeness (QED) is 0.867. The summed E-state index contributed by atoms with van der Waals surface area (Å²) in [4.78, 5) is 0. The Morgan fingerprint density at radius 3 is 2.64 bits per heavy atom. The molecule has 0 bridgehead atoms. The van der Waals surface area contributed by atoms with Crippen molar-refractivity contribution in [2.75, 3.05) is 0 Å². The number of fused-ring (bicyclic) bond motifs is 3. The summed E-state index contributed by atoms with van der Waals surface area (Å²) < 4.78 is 0. The van der Waals surface area contributed by atoms with Gasteiger partial charge in [0.2, 0.25) is 0 Å². The molecule has 2 aliphatic rings. The molecule has 3 atom stereocenters. The molecule has 2 aromatic rings.